The summed E-state index contributed by atoms with van der Waals surface area (Å²) < 4.78 is 5.21. The number of methoxy groups -OCH3 is 1. The summed E-state index contributed by atoms with van der Waals surface area (Å²) in [5.41, 5.74) is 0.00863. The molecule has 0 amide bonds. The summed E-state index contributed by atoms with van der Waals surface area (Å²) in [4.78, 5) is 11.7. The number of carbonyl (C=O) groups is 1. The second kappa shape index (κ2) is 3.76. The summed E-state index contributed by atoms with van der Waals surface area (Å²) >= 11 is 0. The Morgan fingerprint density at radius 3 is 2.75 bits per heavy atom. The van der Waals surface area contributed by atoms with Crippen LogP contribution in [0.3, 0.4) is 0 Å². The minimum atomic E-state index is -1.40. The van der Waals surface area contributed by atoms with E-state index in [1.165, 1.54) is 6.08 Å². The van der Waals surface area contributed by atoms with Crippen LogP contribution >= 0.6 is 0 Å². The van der Waals surface area contributed by atoms with Crippen molar-refractivity contribution in [3.63, 3.8) is 0 Å². The molecule has 1 N–H and O–H groups in total. The van der Waals surface area contributed by atoms with Crippen molar-refractivity contribution in [2.45, 2.75) is 18.9 Å². The lowest BCUT2D eigenvalue weighted by molar-refractivity contribution is -0.133. The molecule has 1 atom stereocenters. The van der Waals surface area contributed by atoms with Gasteiger partial charge in [0.05, 0.1) is 7.11 Å². The van der Waals surface area contributed by atoms with Gasteiger partial charge in [0, 0.05) is 11.1 Å². The zero-order valence-electron chi connectivity index (χ0n) is 9.36. The van der Waals surface area contributed by atoms with Crippen molar-refractivity contribution in [1.82, 2.24) is 0 Å². The van der Waals surface area contributed by atoms with Crippen LogP contribution < -0.4 is 4.74 Å². The van der Waals surface area contributed by atoms with E-state index in [4.69, 9.17) is 4.74 Å². The van der Waals surface area contributed by atoms with Crippen molar-refractivity contribution >= 4 is 11.9 Å². The molecule has 0 saturated carbocycles. The summed E-state index contributed by atoms with van der Waals surface area (Å²) in [6, 6.07) is 5.36. The van der Waals surface area contributed by atoms with Gasteiger partial charge in [-0.3, -0.25) is 4.79 Å². The van der Waals surface area contributed by atoms with E-state index in [1.54, 1.807) is 32.2 Å². The lowest BCUT2D eigenvalue weighted by Gasteiger charge is -2.29. The third kappa shape index (κ3) is 1.36. The molecule has 84 valence electrons. The number of aliphatic hydroxyl groups is 1. The normalized spacial score (nSPS) is 23.1. The Hall–Kier alpha value is -1.61. The van der Waals surface area contributed by atoms with Crippen LogP contribution in [0.1, 0.15) is 24.5 Å². The van der Waals surface area contributed by atoms with E-state index in [0.29, 0.717) is 17.7 Å². The predicted octanol–water partition coefficient (Wildman–Crippen LogP) is 1.89. The van der Waals surface area contributed by atoms with E-state index >= 15 is 0 Å². The number of ether oxygens (including phenoxy) is 1. The minimum absolute atomic E-state index is 0.268. The Kier molecular flexibility index (Phi) is 2.56. The average molecular weight is 218 g/mol. The summed E-state index contributed by atoms with van der Waals surface area (Å²) in [5.74, 6) is 0.406. The van der Waals surface area contributed by atoms with Gasteiger partial charge in [-0.25, -0.2) is 0 Å². The summed E-state index contributed by atoms with van der Waals surface area (Å²) in [7, 11) is 1.57. The Labute approximate surface area is 94.4 Å². The fourth-order valence-electron chi connectivity index (χ4n) is 2.05. The first kappa shape index (κ1) is 10.9. The van der Waals surface area contributed by atoms with E-state index in [0.717, 1.165) is 5.56 Å². The molecule has 0 fully saturated rings. The molecule has 1 aliphatic rings. The molecule has 3 nitrogen and oxygen atoms in total. The maximum atomic E-state index is 11.7. The number of hydrogen-bond acceptors (Lipinski definition) is 3. The maximum Gasteiger partial charge on any atom is 0.191 e. The molecular formula is C13H14O3. The van der Waals surface area contributed by atoms with Crippen LogP contribution in [-0.2, 0) is 10.4 Å². The Balaban J connectivity index is 2.68. The van der Waals surface area contributed by atoms with Gasteiger partial charge >= 0.3 is 0 Å². The van der Waals surface area contributed by atoms with Crippen molar-refractivity contribution in [3.8, 4) is 5.75 Å². The molecule has 0 saturated heterocycles. The number of carbonyl (C=O) groups excluding carboxylic acids is 1. The van der Waals surface area contributed by atoms with Crippen molar-refractivity contribution in [2.24, 2.45) is 0 Å². The number of hydrogen-bond donors (Lipinski definition) is 1. The number of fused-ring (bicyclic) bond motifs is 1. The number of ketones is 1. The van der Waals surface area contributed by atoms with Gasteiger partial charge in [-0.15, -0.1) is 0 Å². The second-order valence-corrected chi connectivity index (χ2v) is 3.83. The molecule has 1 aromatic rings. The average Bonchev–Trinajstić information content (AvgIpc) is 2.33. The standard InChI is InChI=1S/C13H14O3/c1-3-13(15)10-5-4-6-11(16-2)9(10)7-8-12(13)14/h4-8,15H,3H2,1-2H3. The van der Waals surface area contributed by atoms with Gasteiger partial charge in [-0.1, -0.05) is 19.1 Å². The topological polar surface area (TPSA) is 46.5 Å². The maximum absolute atomic E-state index is 11.7. The molecule has 3 heteroatoms. The van der Waals surface area contributed by atoms with Gasteiger partial charge in [0.25, 0.3) is 0 Å². The molecule has 16 heavy (non-hydrogen) atoms. The quantitative estimate of drug-likeness (QED) is 0.824. The zero-order chi connectivity index (χ0) is 11.8. The Morgan fingerprint density at radius 1 is 1.38 bits per heavy atom. The van der Waals surface area contributed by atoms with Crippen molar-refractivity contribution in [3.05, 3.63) is 35.4 Å². The fourth-order valence-corrected chi connectivity index (χ4v) is 2.05. The SMILES string of the molecule is CCC1(O)C(=O)C=Cc2c(OC)cccc21. The second-order valence-electron chi connectivity index (χ2n) is 3.83. The fraction of sp³-hybridized carbons (Fsp3) is 0.308. The third-order valence-corrected chi connectivity index (χ3v) is 3.05. The summed E-state index contributed by atoms with van der Waals surface area (Å²) in [6.45, 7) is 1.79. The highest BCUT2D eigenvalue weighted by molar-refractivity contribution is 6.04. The first-order chi connectivity index (χ1) is 7.63. The lowest BCUT2D eigenvalue weighted by Crippen LogP contribution is -2.36. The molecule has 1 unspecified atom stereocenters. The van der Waals surface area contributed by atoms with E-state index < -0.39 is 5.60 Å². The number of benzene rings is 1. The first-order valence-corrected chi connectivity index (χ1v) is 5.26. The number of rotatable bonds is 2. The molecule has 0 aromatic heterocycles. The zero-order valence-corrected chi connectivity index (χ0v) is 9.36. The summed E-state index contributed by atoms with van der Waals surface area (Å²) in [5, 5.41) is 10.4. The minimum Gasteiger partial charge on any atom is -0.496 e. The van der Waals surface area contributed by atoms with Gasteiger partial charge in [0.1, 0.15) is 5.75 Å². The van der Waals surface area contributed by atoms with Crippen LogP contribution in [-0.4, -0.2) is 18.0 Å². The Morgan fingerprint density at radius 2 is 2.12 bits per heavy atom. The first-order valence-electron chi connectivity index (χ1n) is 5.26. The van der Waals surface area contributed by atoms with Crippen LogP contribution in [0.25, 0.3) is 6.08 Å². The van der Waals surface area contributed by atoms with E-state index in [9.17, 15) is 9.90 Å². The monoisotopic (exact) mass is 218 g/mol. The largest absolute Gasteiger partial charge is 0.496 e. The van der Waals surface area contributed by atoms with Crippen LogP contribution in [0.2, 0.25) is 0 Å². The van der Waals surface area contributed by atoms with Gasteiger partial charge in [0.15, 0.2) is 11.4 Å². The van der Waals surface area contributed by atoms with Gasteiger partial charge < -0.3 is 9.84 Å². The molecule has 0 heterocycles. The molecule has 0 spiro atoms. The van der Waals surface area contributed by atoms with Crippen molar-refractivity contribution in [1.29, 1.82) is 0 Å². The third-order valence-electron chi connectivity index (χ3n) is 3.05. The smallest absolute Gasteiger partial charge is 0.191 e. The molecule has 1 aromatic carbocycles. The van der Waals surface area contributed by atoms with Crippen LogP contribution in [0.4, 0.5) is 0 Å². The van der Waals surface area contributed by atoms with E-state index in [-0.39, 0.29) is 5.78 Å². The van der Waals surface area contributed by atoms with E-state index in [1.807, 2.05) is 6.07 Å². The summed E-state index contributed by atoms with van der Waals surface area (Å²) in [6.07, 6.45) is 3.46. The van der Waals surface area contributed by atoms with Gasteiger partial charge in [-0.2, -0.15) is 0 Å². The van der Waals surface area contributed by atoms with Crippen molar-refractivity contribution in [2.75, 3.05) is 7.11 Å². The highest BCUT2D eigenvalue weighted by Crippen LogP contribution is 2.37. The predicted molar refractivity (Wildman–Crippen MR) is 61.2 cm³/mol. The van der Waals surface area contributed by atoms with Gasteiger partial charge in [-0.05, 0) is 24.6 Å². The molecule has 0 radical (unpaired) electrons. The van der Waals surface area contributed by atoms with Gasteiger partial charge in [0.2, 0.25) is 0 Å². The molecular weight excluding hydrogens is 204 g/mol. The molecule has 2 rings (SSSR count). The Bertz CT molecular complexity index is 462. The van der Waals surface area contributed by atoms with Crippen LogP contribution in [0, 0.1) is 0 Å². The lowest BCUT2D eigenvalue weighted by atomic mass is 9.80. The highest BCUT2D eigenvalue weighted by Gasteiger charge is 2.38. The van der Waals surface area contributed by atoms with Crippen LogP contribution in [0.5, 0.6) is 5.75 Å². The van der Waals surface area contributed by atoms with Crippen LogP contribution in [0.15, 0.2) is 24.3 Å². The van der Waals surface area contributed by atoms with Crippen molar-refractivity contribution < 1.29 is 14.6 Å². The molecule has 0 aliphatic heterocycles. The van der Waals surface area contributed by atoms with E-state index in [2.05, 4.69) is 0 Å². The molecule has 1 aliphatic carbocycles. The molecule has 0 bridgehead atoms. The highest BCUT2D eigenvalue weighted by atomic mass is 16.5.